The van der Waals surface area contributed by atoms with Crippen LogP contribution in [0.3, 0.4) is 0 Å². The van der Waals surface area contributed by atoms with Crippen LogP contribution in [-0.4, -0.2) is 150 Å². The Bertz CT molecular complexity index is 2680. The smallest absolute Gasteiger partial charge is 0.247 e. The maximum absolute atomic E-state index is 14.2. The van der Waals surface area contributed by atoms with Crippen molar-refractivity contribution in [3.63, 3.8) is 0 Å². The number of hydrogen-bond donors (Lipinski definition) is 4. The molecule has 5 aromatic rings. The standard InChI is InChI=1S/C35H44N4O4S.C27H35BrN4O3/c1-4-11-32(44-25-28-16-18-29(43-3)19-17-28)34(41)37-30-24-38(23-27-14-9-6-10-15-27)20-21-39(35(30)42)31(33(40)36-2)22-26-12-7-5-8-13-26;1-3-10-22(28)25(33)30-23-19-31(18-21-13-8-5-9-14-21)15-16-32(27(23)35)24(26(34)29-2)17-20-11-6-4-7-12-20/h5-10,12-19,30-32H,4,11,20-25H2,1-3H3,(H,36,40)(H,37,41);4-9,11-14,22-24H,3,10,15-19H2,1-2H3,(H,29,34)(H,30,33)/t30?,31-,32?;22?,23?,24-/m00/s1. The van der Waals surface area contributed by atoms with E-state index in [1.54, 1.807) is 42.8 Å². The van der Waals surface area contributed by atoms with Crippen LogP contribution in [0.15, 0.2) is 146 Å². The Kier molecular flexibility index (Phi) is 25.4. The summed E-state index contributed by atoms with van der Waals surface area (Å²) in [5.41, 5.74) is 5.31. The summed E-state index contributed by atoms with van der Waals surface area (Å²) < 4.78 is 5.27. The molecule has 0 bridgehead atoms. The number of carbonyl (C=O) groups is 6. The van der Waals surface area contributed by atoms with Gasteiger partial charge >= 0.3 is 0 Å². The number of methoxy groups -OCH3 is 1. The highest BCUT2D eigenvalue weighted by atomic mass is 79.9. The summed E-state index contributed by atoms with van der Waals surface area (Å²) >= 11 is 5.03. The van der Waals surface area contributed by atoms with Gasteiger partial charge in [-0.25, -0.2) is 0 Å². The minimum absolute atomic E-state index is 0.148. The zero-order valence-corrected chi connectivity index (χ0v) is 48.8. The molecule has 6 amide bonds. The Hall–Kier alpha value is -6.53. The first-order valence-electron chi connectivity index (χ1n) is 27.5. The van der Waals surface area contributed by atoms with E-state index in [9.17, 15) is 28.8 Å². The zero-order chi connectivity index (χ0) is 56.5. The van der Waals surface area contributed by atoms with Gasteiger partial charge in [0.05, 0.1) is 17.2 Å². The first kappa shape index (κ1) is 61.7. The zero-order valence-electron chi connectivity index (χ0n) is 46.4. The van der Waals surface area contributed by atoms with Crippen molar-refractivity contribution < 1.29 is 33.5 Å². The molecule has 2 aliphatic rings. The molecule has 17 heteroatoms. The van der Waals surface area contributed by atoms with Crippen molar-refractivity contribution in [3.8, 4) is 5.75 Å². The first-order chi connectivity index (χ1) is 38.3. The normalized spacial score (nSPS) is 17.6. The fourth-order valence-electron chi connectivity index (χ4n) is 9.86. The average Bonchev–Trinajstić information content (AvgIpc) is 3.72. The molecule has 6 atom stereocenters. The number of hydrogen-bond acceptors (Lipinski definition) is 10. The Morgan fingerprint density at radius 1 is 0.544 bits per heavy atom. The van der Waals surface area contributed by atoms with E-state index < -0.39 is 24.2 Å². The number of benzene rings is 5. The third-order valence-corrected chi connectivity index (χ3v) is 16.4. The molecule has 0 radical (unpaired) electrons. The molecule has 0 aromatic heterocycles. The van der Waals surface area contributed by atoms with Gasteiger partial charge in [0.25, 0.3) is 0 Å². The third-order valence-electron chi connectivity index (χ3n) is 14.2. The second kappa shape index (κ2) is 32.5. The maximum atomic E-state index is 14.2. The van der Waals surface area contributed by atoms with Gasteiger partial charge in [0.15, 0.2) is 0 Å². The molecule has 0 aliphatic carbocycles. The first-order valence-corrected chi connectivity index (χ1v) is 29.4. The van der Waals surface area contributed by atoms with Crippen molar-refractivity contribution in [2.75, 3.05) is 60.5 Å². The number of rotatable bonds is 24. The topological polar surface area (TPSA) is 173 Å². The molecule has 2 saturated heterocycles. The number of thioether (sulfide) groups is 1. The highest BCUT2D eigenvalue weighted by molar-refractivity contribution is 9.10. The van der Waals surface area contributed by atoms with E-state index in [2.05, 4.69) is 78.2 Å². The summed E-state index contributed by atoms with van der Waals surface area (Å²) in [5, 5.41) is 11.3. The largest absolute Gasteiger partial charge is 0.497 e. The van der Waals surface area contributed by atoms with Crippen molar-refractivity contribution in [1.29, 1.82) is 0 Å². The van der Waals surface area contributed by atoms with Crippen LogP contribution in [0, 0.1) is 0 Å². The van der Waals surface area contributed by atoms with Gasteiger partial charge in [-0.3, -0.25) is 38.6 Å². The summed E-state index contributed by atoms with van der Waals surface area (Å²) in [6, 6.07) is 44.6. The quantitative estimate of drug-likeness (QED) is 0.0471. The Balaban J connectivity index is 0.000000262. The molecular weight excluding hydrogens is 1080 g/mol. The Morgan fingerprint density at radius 2 is 0.949 bits per heavy atom. The van der Waals surface area contributed by atoms with Crippen LogP contribution in [0.25, 0.3) is 0 Å². The van der Waals surface area contributed by atoms with Crippen molar-refractivity contribution in [2.24, 2.45) is 0 Å². The lowest BCUT2D eigenvalue weighted by Gasteiger charge is -2.32. The third kappa shape index (κ3) is 19.1. The molecule has 5 aromatic carbocycles. The van der Waals surface area contributed by atoms with Crippen molar-refractivity contribution in [3.05, 3.63) is 173 Å². The Labute approximate surface area is 480 Å². The van der Waals surface area contributed by atoms with E-state index in [0.29, 0.717) is 83.8 Å². The molecule has 15 nitrogen and oxygen atoms in total. The SMILES string of the molecule is CCCC(Br)C(=O)NC1CN(Cc2ccccc2)CCN([C@@H](Cc2ccccc2)C(=O)NC)C1=O.CCCC(SCc1ccc(OC)cc1)C(=O)NC1CN(Cc2ccccc2)CCN([C@@H](Cc2ccccc2)C(=O)NC)C1=O. The summed E-state index contributed by atoms with van der Waals surface area (Å²) in [6.07, 6.45) is 3.86. The van der Waals surface area contributed by atoms with E-state index in [1.165, 1.54) is 0 Å². The number of carbonyl (C=O) groups excluding carboxylic acids is 6. The van der Waals surface area contributed by atoms with Crippen LogP contribution in [0.4, 0.5) is 0 Å². The van der Waals surface area contributed by atoms with Gasteiger partial charge in [-0.2, -0.15) is 0 Å². The van der Waals surface area contributed by atoms with Gasteiger partial charge < -0.3 is 35.8 Å². The fourth-order valence-corrected chi connectivity index (χ4v) is 11.7. The predicted octanol–water partition coefficient (Wildman–Crippen LogP) is 7.02. The average molecular weight is 1160 g/mol. The summed E-state index contributed by atoms with van der Waals surface area (Å²) in [4.78, 5) is 88.2. The van der Waals surface area contributed by atoms with Crippen molar-refractivity contribution in [2.45, 2.75) is 105 Å². The molecule has 4 unspecified atom stereocenters. The van der Waals surface area contributed by atoms with E-state index >= 15 is 0 Å². The van der Waals surface area contributed by atoms with Gasteiger partial charge in [-0.1, -0.05) is 176 Å². The number of likely N-dealkylation sites (N-methyl/N-ethyl adjacent to an activating group) is 2. The van der Waals surface area contributed by atoms with Crippen LogP contribution >= 0.6 is 27.7 Å². The second-order valence-electron chi connectivity index (χ2n) is 20.0. The Morgan fingerprint density at radius 3 is 1.34 bits per heavy atom. The lowest BCUT2D eigenvalue weighted by atomic mass is 10.0. The molecule has 4 N–H and O–H groups in total. The van der Waals surface area contributed by atoms with E-state index in [0.717, 1.165) is 46.4 Å². The minimum Gasteiger partial charge on any atom is -0.497 e. The number of nitrogens with one attached hydrogen (secondary N) is 4. The van der Waals surface area contributed by atoms with Crippen LogP contribution in [0.2, 0.25) is 0 Å². The number of nitrogens with zero attached hydrogens (tertiary/aromatic N) is 4. The predicted molar refractivity (Wildman–Crippen MR) is 317 cm³/mol. The molecule has 2 heterocycles. The summed E-state index contributed by atoms with van der Waals surface area (Å²) in [5.74, 6) is 0.221. The molecule has 2 aliphatic heterocycles. The van der Waals surface area contributed by atoms with E-state index in [4.69, 9.17) is 4.74 Å². The summed E-state index contributed by atoms with van der Waals surface area (Å²) in [7, 11) is 4.82. The lowest BCUT2D eigenvalue weighted by Crippen LogP contribution is -2.57. The molecule has 79 heavy (non-hydrogen) atoms. The van der Waals surface area contributed by atoms with Crippen molar-refractivity contribution >= 4 is 63.1 Å². The molecule has 0 saturated carbocycles. The number of ether oxygens (including phenoxy) is 1. The maximum Gasteiger partial charge on any atom is 0.247 e. The minimum atomic E-state index is -0.780. The molecule has 7 rings (SSSR count). The lowest BCUT2D eigenvalue weighted by molar-refractivity contribution is -0.142. The monoisotopic (exact) mass is 1160 g/mol. The van der Waals surface area contributed by atoms with E-state index in [1.807, 2.05) is 128 Å². The van der Waals surface area contributed by atoms with Crippen LogP contribution in [0.5, 0.6) is 5.75 Å². The van der Waals surface area contributed by atoms with Gasteiger partial charge in [-0.05, 0) is 52.8 Å². The van der Waals surface area contributed by atoms with E-state index in [-0.39, 0.29) is 45.5 Å². The number of amides is 6. The fraction of sp³-hybridized carbons (Fsp3) is 0.419. The van der Waals surface area contributed by atoms with Gasteiger partial charge in [-0.15, -0.1) is 11.8 Å². The van der Waals surface area contributed by atoms with Gasteiger partial charge in [0.1, 0.15) is 29.9 Å². The molecule has 422 valence electrons. The van der Waals surface area contributed by atoms with Crippen LogP contribution in [-0.2, 0) is 60.5 Å². The number of alkyl halides is 1. The van der Waals surface area contributed by atoms with Crippen LogP contribution < -0.4 is 26.0 Å². The van der Waals surface area contributed by atoms with Gasteiger partial charge in [0.2, 0.25) is 35.4 Å². The molecular formula is C62H79BrN8O7S. The number of halogens is 1. The van der Waals surface area contributed by atoms with Gasteiger partial charge in [0, 0.05) is 85.0 Å². The second-order valence-corrected chi connectivity index (χ2v) is 22.3. The highest BCUT2D eigenvalue weighted by Crippen LogP contribution is 2.25. The van der Waals surface area contributed by atoms with Crippen molar-refractivity contribution in [1.82, 2.24) is 40.9 Å². The molecule has 2 fully saturated rings. The highest BCUT2D eigenvalue weighted by Gasteiger charge is 2.40. The molecule has 0 spiro atoms. The summed E-state index contributed by atoms with van der Waals surface area (Å²) in [6.45, 7) is 8.08. The van der Waals surface area contributed by atoms with Crippen LogP contribution in [0.1, 0.15) is 67.3 Å².